The highest BCUT2D eigenvalue weighted by molar-refractivity contribution is 7.89. The number of sulfonamides is 1. The smallest absolute Gasteiger partial charge is 0.280 e. The Hall–Kier alpha value is -3.80. The molecule has 0 radical (unpaired) electrons. The molecule has 0 aliphatic heterocycles. The minimum Gasteiger partial charge on any atom is -0.497 e. The SMILES string of the molecule is CCCCN(CC)S(=O)(=O)c1ccc(C(=O)N(/N=C/c2ccc(OCC)cc2)c2nc3ccc(OC)cc3s2)cc1. The van der Waals surface area contributed by atoms with Crippen LogP contribution in [-0.4, -0.2) is 56.6 Å². The van der Waals surface area contributed by atoms with Crippen LogP contribution in [-0.2, 0) is 10.0 Å². The third-order valence-corrected chi connectivity index (χ3v) is 9.31. The van der Waals surface area contributed by atoms with E-state index in [1.165, 1.54) is 44.9 Å². The van der Waals surface area contributed by atoms with Gasteiger partial charge in [0.05, 0.1) is 35.0 Å². The number of aromatic nitrogens is 1. The van der Waals surface area contributed by atoms with Crippen LogP contribution in [0.2, 0.25) is 0 Å². The van der Waals surface area contributed by atoms with Crippen LogP contribution >= 0.6 is 11.3 Å². The van der Waals surface area contributed by atoms with E-state index < -0.39 is 15.9 Å². The summed E-state index contributed by atoms with van der Waals surface area (Å²) >= 11 is 1.30. The van der Waals surface area contributed by atoms with E-state index >= 15 is 0 Å². The Labute approximate surface area is 245 Å². The fourth-order valence-corrected chi connectivity index (χ4v) is 6.50. The van der Waals surface area contributed by atoms with E-state index in [0.717, 1.165) is 28.9 Å². The Kier molecular flexibility index (Phi) is 10.1. The normalized spacial score (nSPS) is 11.8. The van der Waals surface area contributed by atoms with Crippen molar-refractivity contribution in [1.82, 2.24) is 9.29 Å². The average Bonchev–Trinajstić information content (AvgIpc) is 3.41. The fourth-order valence-electron chi connectivity index (χ4n) is 4.06. The van der Waals surface area contributed by atoms with E-state index in [9.17, 15) is 13.2 Å². The molecule has 0 bridgehead atoms. The molecule has 0 aliphatic carbocycles. The number of hydrogen-bond acceptors (Lipinski definition) is 8. The molecular formula is C30H34N4O5S2. The maximum Gasteiger partial charge on any atom is 0.280 e. The molecule has 0 N–H and O–H groups in total. The molecule has 4 rings (SSSR count). The molecule has 1 amide bonds. The average molecular weight is 595 g/mol. The number of carbonyl (C=O) groups excluding carboxylic acids is 1. The first-order valence-electron chi connectivity index (χ1n) is 13.5. The molecule has 11 heteroatoms. The van der Waals surface area contributed by atoms with Crippen molar-refractivity contribution >= 4 is 48.8 Å². The third kappa shape index (κ3) is 7.10. The van der Waals surface area contributed by atoms with Crippen molar-refractivity contribution < 1.29 is 22.7 Å². The highest BCUT2D eigenvalue weighted by Gasteiger charge is 2.25. The number of unbranched alkanes of at least 4 members (excludes halogenated alkanes) is 1. The molecule has 0 saturated carbocycles. The summed E-state index contributed by atoms with van der Waals surface area (Å²) < 4.78 is 39.4. The molecule has 4 aromatic rings. The molecule has 3 aromatic carbocycles. The summed E-state index contributed by atoms with van der Waals surface area (Å²) in [4.78, 5) is 18.6. The summed E-state index contributed by atoms with van der Waals surface area (Å²) in [5, 5.41) is 6.11. The molecule has 0 atom stereocenters. The van der Waals surface area contributed by atoms with E-state index in [0.29, 0.717) is 36.1 Å². The maximum absolute atomic E-state index is 13.8. The molecule has 0 fully saturated rings. The molecule has 0 aliphatic rings. The second-order valence-corrected chi connectivity index (χ2v) is 12.0. The minimum absolute atomic E-state index is 0.142. The van der Waals surface area contributed by atoms with Crippen molar-refractivity contribution in [1.29, 1.82) is 0 Å². The zero-order chi connectivity index (χ0) is 29.4. The number of fused-ring (bicyclic) bond motifs is 1. The standard InChI is InChI=1S/C30H34N4O5S2/c1-5-8-19-33(6-2)41(36,37)26-16-11-23(12-17-26)29(35)34(31-21-22-9-13-24(14-10-22)39-7-3)30-32-27-18-15-25(38-4)20-28(27)40-30/h9-18,20-21H,5-8,19H2,1-4H3/b31-21+. The van der Waals surface area contributed by atoms with Crippen molar-refractivity contribution in [3.63, 3.8) is 0 Å². The predicted octanol–water partition coefficient (Wildman–Crippen LogP) is 6.20. The summed E-state index contributed by atoms with van der Waals surface area (Å²) in [5.74, 6) is 0.977. The topological polar surface area (TPSA) is 101 Å². The largest absolute Gasteiger partial charge is 0.497 e. The van der Waals surface area contributed by atoms with E-state index in [-0.39, 0.29) is 10.5 Å². The first-order valence-corrected chi connectivity index (χ1v) is 15.7. The molecule has 0 spiro atoms. The third-order valence-electron chi connectivity index (χ3n) is 6.32. The van der Waals surface area contributed by atoms with Crippen LogP contribution < -0.4 is 14.5 Å². The van der Waals surface area contributed by atoms with E-state index in [1.807, 2.05) is 57.2 Å². The van der Waals surface area contributed by atoms with Gasteiger partial charge in [0, 0.05) is 18.7 Å². The lowest BCUT2D eigenvalue weighted by Crippen LogP contribution is -2.32. The molecule has 0 unspecified atom stereocenters. The Balaban J connectivity index is 1.67. The van der Waals surface area contributed by atoms with Crippen molar-refractivity contribution in [2.75, 3.05) is 31.8 Å². The van der Waals surface area contributed by atoms with Gasteiger partial charge in [-0.15, -0.1) is 0 Å². The maximum atomic E-state index is 13.8. The van der Waals surface area contributed by atoms with Gasteiger partial charge < -0.3 is 9.47 Å². The van der Waals surface area contributed by atoms with Gasteiger partial charge in [0.2, 0.25) is 15.2 Å². The van der Waals surface area contributed by atoms with Gasteiger partial charge in [-0.05, 0) is 85.6 Å². The number of amides is 1. The van der Waals surface area contributed by atoms with Gasteiger partial charge >= 0.3 is 0 Å². The number of hydrazone groups is 1. The van der Waals surface area contributed by atoms with Crippen LogP contribution in [0.4, 0.5) is 5.13 Å². The van der Waals surface area contributed by atoms with Crippen LogP contribution in [0.1, 0.15) is 49.5 Å². The number of thiazole rings is 1. The number of anilines is 1. The van der Waals surface area contributed by atoms with Crippen LogP contribution in [0.15, 0.2) is 76.7 Å². The Bertz CT molecular complexity index is 1600. The van der Waals surface area contributed by atoms with Gasteiger partial charge in [0.15, 0.2) is 0 Å². The van der Waals surface area contributed by atoms with Crippen molar-refractivity contribution in [3.8, 4) is 11.5 Å². The van der Waals surface area contributed by atoms with Crippen LogP contribution in [0.3, 0.4) is 0 Å². The molecule has 41 heavy (non-hydrogen) atoms. The Morgan fingerprint density at radius 2 is 1.71 bits per heavy atom. The quantitative estimate of drug-likeness (QED) is 0.135. The van der Waals surface area contributed by atoms with Gasteiger partial charge in [0.25, 0.3) is 5.91 Å². The molecule has 9 nitrogen and oxygen atoms in total. The van der Waals surface area contributed by atoms with Gasteiger partial charge in [-0.25, -0.2) is 13.4 Å². The molecule has 1 aromatic heterocycles. The lowest BCUT2D eigenvalue weighted by Gasteiger charge is -2.20. The molecule has 1 heterocycles. The van der Waals surface area contributed by atoms with Gasteiger partial charge in [0.1, 0.15) is 11.5 Å². The van der Waals surface area contributed by atoms with Gasteiger partial charge in [-0.3, -0.25) is 4.79 Å². The number of nitrogens with zero attached hydrogens (tertiary/aromatic N) is 4. The summed E-state index contributed by atoms with van der Waals surface area (Å²) in [6.07, 6.45) is 3.25. The monoisotopic (exact) mass is 594 g/mol. The summed E-state index contributed by atoms with van der Waals surface area (Å²) in [5.41, 5.74) is 1.75. The number of methoxy groups -OCH3 is 1. The summed E-state index contributed by atoms with van der Waals surface area (Å²) in [6.45, 7) is 7.14. The highest BCUT2D eigenvalue weighted by atomic mass is 32.2. The van der Waals surface area contributed by atoms with E-state index in [2.05, 4.69) is 10.1 Å². The number of ether oxygens (including phenoxy) is 2. The highest BCUT2D eigenvalue weighted by Crippen LogP contribution is 2.32. The van der Waals surface area contributed by atoms with E-state index in [1.54, 1.807) is 19.4 Å². The van der Waals surface area contributed by atoms with Crippen molar-refractivity contribution in [3.05, 3.63) is 77.9 Å². The number of benzene rings is 3. The minimum atomic E-state index is -3.67. The van der Waals surface area contributed by atoms with Crippen molar-refractivity contribution in [2.45, 2.75) is 38.5 Å². The molecule has 0 saturated heterocycles. The Morgan fingerprint density at radius 1 is 1.00 bits per heavy atom. The first-order chi connectivity index (χ1) is 19.8. The van der Waals surface area contributed by atoms with E-state index in [4.69, 9.17) is 9.47 Å². The number of carbonyl (C=O) groups is 1. The summed E-state index contributed by atoms with van der Waals surface area (Å²) in [6, 6.07) is 18.8. The predicted molar refractivity (Wildman–Crippen MR) is 164 cm³/mol. The zero-order valence-electron chi connectivity index (χ0n) is 23.6. The zero-order valence-corrected chi connectivity index (χ0v) is 25.2. The first kappa shape index (κ1) is 30.2. The second-order valence-electron chi connectivity index (χ2n) is 9.07. The number of hydrogen-bond donors (Lipinski definition) is 0. The molecular weight excluding hydrogens is 560 g/mol. The number of rotatable bonds is 13. The van der Waals surface area contributed by atoms with Crippen LogP contribution in [0.25, 0.3) is 10.2 Å². The summed E-state index contributed by atoms with van der Waals surface area (Å²) in [7, 11) is -2.08. The van der Waals surface area contributed by atoms with Gasteiger partial charge in [-0.1, -0.05) is 31.6 Å². The van der Waals surface area contributed by atoms with Crippen LogP contribution in [0.5, 0.6) is 11.5 Å². The van der Waals surface area contributed by atoms with Crippen LogP contribution in [0, 0.1) is 0 Å². The second kappa shape index (κ2) is 13.7. The Morgan fingerprint density at radius 3 is 2.34 bits per heavy atom. The lowest BCUT2D eigenvalue weighted by molar-refractivity contribution is 0.0987. The van der Waals surface area contributed by atoms with Crippen molar-refractivity contribution in [2.24, 2.45) is 5.10 Å². The lowest BCUT2D eigenvalue weighted by atomic mass is 10.2. The fraction of sp³-hybridized carbons (Fsp3) is 0.300. The van der Waals surface area contributed by atoms with Gasteiger partial charge in [-0.2, -0.15) is 14.4 Å². The molecule has 216 valence electrons.